The fourth-order valence-electron chi connectivity index (χ4n) is 1.98. The molecule has 1 amide bonds. The lowest BCUT2D eigenvalue weighted by Crippen LogP contribution is -2.47. The van der Waals surface area contributed by atoms with Gasteiger partial charge in [-0.2, -0.15) is 0 Å². The topological polar surface area (TPSA) is 58.6 Å². The van der Waals surface area contributed by atoms with Gasteiger partial charge in [0.15, 0.2) is 0 Å². The summed E-state index contributed by atoms with van der Waals surface area (Å²) >= 11 is 0. The number of carbonyl (C=O) groups is 1. The van der Waals surface area contributed by atoms with E-state index in [0.29, 0.717) is 37.6 Å². The van der Waals surface area contributed by atoms with Crippen LogP contribution in [0.5, 0.6) is 0 Å². The molecular weight excluding hydrogens is 228 g/mol. The highest BCUT2D eigenvalue weighted by Gasteiger charge is 2.23. The molecule has 2 heterocycles. The summed E-state index contributed by atoms with van der Waals surface area (Å²) in [6.07, 6.45) is 0.493. The molecule has 2 saturated heterocycles. The van der Waals surface area contributed by atoms with Crippen molar-refractivity contribution >= 4 is 16.7 Å². The summed E-state index contributed by atoms with van der Waals surface area (Å²) in [4.78, 5) is 13.7. The van der Waals surface area contributed by atoms with Crippen molar-refractivity contribution in [2.24, 2.45) is 0 Å². The Morgan fingerprint density at radius 1 is 1.44 bits per heavy atom. The lowest BCUT2D eigenvalue weighted by molar-refractivity contribution is -0.132. The molecule has 1 unspecified atom stereocenters. The summed E-state index contributed by atoms with van der Waals surface area (Å²) in [5.41, 5.74) is 0. The molecule has 5 nitrogen and oxygen atoms in total. The van der Waals surface area contributed by atoms with Crippen molar-refractivity contribution in [2.75, 3.05) is 44.4 Å². The van der Waals surface area contributed by atoms with Gasteiger partial charge in [0.05, 0.1) is 13.2 Å². The first-order valence-corrected chi connectivity index (χ1v) is 7.18. The number of nitrogens with one attached hydrogen (secondary N) is 1. The van der Waals surface area contributed by atoms with Crippen molar-refractivity contribution in [1.29, 1.82) is 0 Å². The fraction of sp³-hybridized carbons (Fsp3) is 0.900. The molecule has 1 atom stereocenters. The molecule has 0 aromatic carbocycles. The molecule has 0 spiro atoms. The van der Waals surface area contributed by atoms with E-state index in [0.717, 1.165) is 13.2 Å². The molecule has 2 aliphatic rings. The van der Waals surface area contributed by atoms with Gasteiger partial charge in [0.1, 0.15) is 0 Å². The van der Waals surface area contributed by atoms with Crippen molar-refractivity contribution < 1.29 is 13.7 Å². The average molecular weight is 246 g/mol. The third kappa shape index (κ3) is 3.26. The largest absolute Gasteiger partial charge is 0.378 e. The molecular formula is C10H18N2O3S. The van der Waals surface area contributed by atoms with Gasteiger partial charge in [-0.3, -0.25) is 9.00 Å². The number of carbonyl (C=O) groups excluding carboxylic acids is 1. The Morgan fingerprint density at radius 2 is 2.19 bits per heavy atom. The van der Waals surface area contributed by atoms with Crippen molar-refractivity contribution in [2.45, 2.75) is 12.5 Å². The molecule has 16 heavy (non-hydrogen) atoms. The van der Waals surface area contributed by atoms with Crippen LogP contribution in [0.2, 0.25) is 0 Å². The minimum atomic E-state index is -0.718. The van der Waals surface area contributed by atoms with E-state index in [1.165, 1.54) is 0 Å². The molecule has 0 aromatic rings. The van der Waals surface area contributed by atoms with Crippen molar-refractivity contribution in [1.82, 2.24) is 10.2 Å². The molecule has 2 rings (SSSR count). The maximum atomic E-state index is 11.9. The molecule has 0 aliphatic carbocycles. The first kappa shape index (κ1) is 12.0. The standard InChI is InChI=1S/C10H18N2O3S/c13-10(7-9-8-15-4-1-11-9)12-2-5-16(14)6-3-12/h9,11H,1-8H2. The first-order valence-electron chi connectivity index (χ1n) is 5.69. The second-order valence-corrected chi connectivity index (χ2v) is 5.86. The van der Waals surface area contributed by atoms with Crippen LogP contribution in [-0.4, -0.2) is 65.4 Å². The maximum absolute atomic E-state index is 11.9. The van der Waals surface area contributed by atoms with E-state index in [9.17, 15) is 9.00 Å². The first-order chi connectivity index (χ1) is 7.75. The Balaban J connectivity index is 1.76. The molecule has 2 aliphatic heterocycles. The number of rotatable bonds is 2. The molecule has 0 saturated carbocycles. The van der Waals surface area contributed by atoms with Crippen LogP contribution in [-0.2, 0) is 20.3 Å². The summed E-state index contributed by atoms with van der Waals surface area (Å²) in [5.74, 6) is 1.40. The molecule has 0 bridgehead atoms. The number of hydrogen-bond donors (Lipinski definition) is 1. The second-order valence-electron chi connectivity index (χ2n) is 4.16. The maximum Gasteiger partial charge on any atom is 0.224 e. The number of nitrogens with zero attached hydrogens (tertiary/aromatic N) is 1. The average Bonchev–Trinajstić information content (AvgIpc) is 2.31. The lowest BCUT2D eigenvalue weighted by atomic mass is 10.2. The van der Waals surface area contributed by atoms with E-state index < -0.39 is 10.8 Å². The van der Waals surface area contributed by atoms with Gasteiger partial charge < -0.3 is 15.0 Å². The summed E-state index contributed by atoms with van der Waals surface area (Å²) in [5, 5.41) is 3.27. The van der Waals surface area contributed by atoms with E-state index in [-0.39, 0.29) is 11.9 Å². The molecule has 92 valence electrons. The van der Waals surface area contributed by atoms with Gasteiger partial charge in [-0.05, 0) is 0 Å². The Labute approximate surface area is 98.0 Å². The van der Waals surface area contributed by atoms with E-state index in [1.807, 2.05) is 4.90 Å². The van der Waals surface area contributed by atoms with Crippen molar-refractivity contribution in [3.63, 3.8) is 0 Å². The third-order valence-corrected chi connectivity index (χ3v) is 4.23. The number of hydrogen-bond acceptors (Lipinski definition) is 4. The van der Waals surface area contributed by atoms with Gasteiger partial charge in [0.25, 0.3) is 0 Å². The van der Waals surface area contributed by atoms with Gasteiger partial charge in [-0.15, -0.1) is 0 Å². The van der Waals surface area contributed by atoms with Crippen LogP contribution in [0.3, 0.4) is 0 Å². The SMILES string of the molecule is O=C(CC1COCCN1)N1CCS(=O)CC1. The predicted molar refractivity (Wildman–Crippen MR) is 61.7 cm³/mol. The van der Waals surface area contributed by atoms with Crippen LogP contribution in [0.1, 0.15) is 6.42 Å². The van der Waals surface area contributed by atoms with E-state index >= 15 is 0 Å². The summed E-state index contributed by atoms with van der Waals surface area (Å²) < 4.78 is 16.5. The summed E-state index contributed by atoms with van der Waals surface area (Å²) in [6, 6.07) is 0.147. The molecule has 0 aromatic heterocycles. The Hall–Kier alpha value is -0.460. The monoisotopic (exact) mass is 246 g/mol. The minimum Gasteiger partial charge on any atom is -0.378 e. The van der Waals surface area contributed by atoms with Crippen LogP contribution in [0.15, 0.2) is 0 Å². The van der Waals surface area contributed by atoms with E-state index in [1.54, 1.807) is 0 Å². The zero-order valence-corrected chi connectivity index (χ0v) is 10.1. The molecule has 1 N–H and O–H groups in total. The highest BCUT2D eigenvalue weighted by Crippen LogP contribution is 2.06. The number of morpholine rings is 1. The van der Waals surface area contributed by atoms with Crippen LogP contribution in [0, 0.1) is 0 Å². The van der Waals surface area contributed by atoms with E-state index in [4.69, 9.17) is 4.74 Å². The van der Waals surface area contributed by atoms with Crippen LogP contribution in [0.25, 0.3) is 0 Å². The smallest absolute Gasteiger partial charge is 0.224 e. The van der Waals surface area contributed by atoms with Gasteiger partial charge in [-0.25, -0.2) is 0 Å². The predicted octanol–water partition coefficient (Wildman–Crippen LogP) is -1.04. The van der Waals surface area contributed by atoms with Gasteiger partial charge >= 0.3 is 0 Å². The van der Waals surface area contributed by atoms with E-state index in [2.05, 4.69) is 5.32 Å². The summed E-state index contributed by atoms with van der Waals surface area (Å²) in [6.45, 7) is 3.44. The minimum absolute atomic E-state index is 0.147. The highest BCUT2D eigenvalue weighted by molar-refractivity contribution is 7.85. The van der Waals surface area contributed by atoms with Crippen LogP contribution < -0.4 is 5.32 Å². The molecule has 6 heteroatoms. The molecule has 2 fully saturated rings. The fourth-order valence-corrected chi connectivity index (χ4v) is 3.03. The number of amides is 1. The zero-order chi connectivity index (χ0) is 11.4. The Bertz CT molecular complexity index is 269. The van der Waals surface area contributed by atoms with Gasteiger partial charge in [-0.1, -0.05) is 0 Å². The quantitative estimate of drug-likeness (QED) is 0.676. The van der Waals surface area contributed by atoms with Gasteiger partial charge in [0, 0.05) is 54.4 Å². The normalized spacial score (nSPS) is 28.0. The Kier molecular flexibility index (Phi) is 4.31. The lowest BCUT2D eigenvalue weighted by Gasteiger charge is -2.29. The van der Waals surface area contributed by atoms with Crippen molar-refractivity contribution in [3.05, 3.63) is 0 Å². The Morgan fingerprint density at radius 3 is 2.81 bits per heavy atom. The zero-order valence-electron chi connectivity index (χ0n) is 9.31. The molecule has 0 radical (unpaired) electrons. The second kappa shape index (κ2) is 5.75. The van der Waals surface area contributed by atoms with Gasteiger partial charge in [0.2, 0.25) is 5.91 Å². The third-order valence-electron chi connectivity index (χ3n) is 2.95. The van der Waals surface area contributed by atoms with Crippen LogP contribution >= 0.6 is 0 Å². The number of ether oxygens (including phenoxy) is 1. The van der Waals surface area contributed by atoms with Crippen LogP contribution in [0.4, 0.5) is 0 Å². The summed E-state index contributed by atoms with van der Waals surface area (Å²) in [7, 11) is -0.718. The van der Waals surface area contributed by atoms with Crippen molar-refractivity contribution in [3.8, 4) is 0 Å². The highest BCUT2D eigenvalue weighted by atomic mass is 32.2.